The molecule has 0 spiro atoms. The Labute approximate surface area is 181 Å². The summed E-state index contributed by atoms with van der Waals surface area (Å²) in [6.45, 7) is 5.57. The third-order valence-electron chi connectivity index (χ3n) is 5.91. The van der Waals surface area contributed by atoms with Crippen molar-refractivity contribution in [2.45, 2.75) is 58.5 Å². The maximum atomic E-state index is 13.3. The molecule has 1 aliphatic carbocycles. The van der Waals surface area contributed by atoms with Gasteiger partial charge in [0.1, 0.15) is 10.9 Å². The number of nitrogens with two attached hydrogens (primary N) is 1. The number of anilines is 1. The number of ether oxygens (including phenoxy) is 1. The number of carbonyl (C=O) groups is 1. The molecule has 1 fully saturated rings. The zero-order valence-corrected chi connectivity index (χ0v) is 18.2. The predicted molar refractivity (Wildman–Crippen MR) is 119 cm³/mol. The minimum atomic E-state index is -0.237. The van der Waals surface area contributed by atoms with Crippen LogP contribution in [0.25, 0.3) is 16.7 Å². The summed E-state index contributed by atoms with van der Waals surface area (Å²) in [6, 6.07) is 5.49. The van der Waals surface area contributed by atoms with Crippen molar-refractivity contribution in [3.8, 4) is 0 Å². The zero-order valence-electron chi connectivity index (χ0n) is 18.2. The summed E-state index contributed by atoms with van der Waals surface area (Å²) in [7, 11) is 0. The highest BCUT2D eigenvalue weighted by Crippen LogP contribution is 2.20. The largest absolute Gasteiger partial charge is 0.382 e. The topological polar surface area (TPSA) is 103 Å². The van der Waals surface area contributed by atoms with Gasteiger partial charge < -0.3 is 15.8 Å². The molecule has 4 rings (SSSR count). The molecule has 3 aromatic rings. The smallest absolute Gasteiger partial charge is 0.278 e. The highest BCUT2D eigenvalue weighted by Gasteiger charge is 2.26. The molecule has 3 heterocycles. The Morgan fingerprint density at radius 1 is 1.35 bits per heavy atom. The van der Waals surface area contributed by atoms with Crippen LogP contribution in [-0.4, -0.2) is 34.5 Å². The molecule has 1 aliphatic rings. The molecule has 0 radical (unpaired) electrons. The van der Waals surface area contributed by atoms with Crippen molar-refractivity contribution in [3.63, 3.8) is 0 Å². The molecule has 8 heteroatoms. The summed E-state index contributed by atoms with van der Waals surface area (Å²) in [5.74, 6) is 0.0847. The van der Waals surface area contributed by atoms with Crippen molar-refractivity contribution in [3.05, 3.63) is 45.9 Å². The lowest BCUT2D eigenvalue weighted by Crippen LogP contribution is -2.44. The van der Waals surface area contributed by atoms with Crippen LogP contribution < -0.4 is 21.2 Å². The van der Waals surface area contributed by atoms with E-state index in [-0.39, 0.29) is 17.5 Å². The number of nitrogens with zero attached hydrogens (tertiary/aromatic N) is 3. The van der Waals surface area contributed by atoms with Crippen molar-refractivity contribution in [1.29, 1.82) is 0 Å². The lowest BCUT2D eigenvalue weighted by Gasteiger charge is -2.15. The van der Waals surface area contributed by atoms with Crippen molar-refractivity contribution >= 4 is 28.4 Å². The van der Waals surface area contributed by atoms with Gasteiger partial charge in [-0.25, -0.2) is 4.57 Å². The zero-order chi connectivity index (χ0) is 22.0. The van der Waals surface area contributed by atoms with Gasteiger partial charge in [-0.1, -0.05) is 23.9 Å². The number of hydrogen-bond donors (Lipinski definition) is 2. The van der Waals surface area contributed by atoms with Crippen molar-refractivity contribution in [1.82, 2.24) is 14.7 Å². The first-order chi connectivity index (χ1) is 15.0. The van der Waals surface area contributed by atoms with E-state index in [1.165, 1.54) is 4.40 Å². The Kier molecular flexibility index (Phi) is 6.18. The fraction of sp³-hybridized carbons (Fsp3) is 0.478. The van der Waals surface area contributed by atoms with E-state index >= 15 is 0 Å². The molecule has 8 nitrogen and oxygen atoms in total. The first-order valence-corrected chi connectivity index (χ1v) is 11.0. The minimum Gasteiger partial charge on any atom is -0.382 e. The number of hydrogen-bond acceptors (Lipinski definition) is 5. The van der Waals surface area contributed by atoms with Gasteiger partial charge in [-0.2, -0.15) is 0 Å². The molecule has 0 aromatic carbocycles. The van der Waals surface area contributed by atoms with Crippen LogP contribution in [0.15, 0.2) is 29.2 Å². The molecule has 0 atom stereocenters. The van der Waals surface area contributed by atoms with Gasteiger partial charge in [0.2, 0.25) is 11.5 Å². The van der Waals surface area contributed by atoms with E-state index in [1.807, 2.05) is 26.0 Å². The van der Waals surface area contributed by atoms with Crippen LogP contribution in [0.1, 0.15) is 54.9 Å². The number of pyridine rings is 2. The van der Waals surface area contributed by atoms with Gasteiger partial charge >= 0.3 is 0 Å². The maximum absolute atomic E-state index is 13.3. The Morgan fingerprint density at radius 2 is 2.13 bits per heavy atom. The predicted octanol–water partition coefficient (Wildman–Crippen LogP) is 2.12. The molecule has 0 bridgehead atoms. The van der Waals surface area contributed by atoms with Gasteiger partial charge in [0, 0.05) is 31.9 Å². The average molecular weight is 425 g/mol. The quantitative estimate of drug-likeness (QED) is 0.344. The van der Waals surface area contributed by atoms with E-state index in [0.29, 0.717) is 54.2 Å². The average Bonchev–Trinajstić information content (AvgIpc) is 3.26. The number of carbonyl (C=O) groups excluding carboxylic acids is 1. The molecule has 0 saturated heterocycles. The third kappa shape index (κ3) is 4.25. The molecule has 1 saturated carbocycles. The summed E-state index contributed by atoms with van der Waals surface area (Å²) in [5.41, 5.74) is 8.57. The van der Waals surface area contributed by atoms with Gasteiger partial charge in [-0.3, -0.25) is 14.0 Å². The summed E-state index contributed by atoms with van der Waals surface area (Å²) < 4.78 is 8.76. The molecule has 3 aromatic heterocycles. The first kappa shape index (κ1) is 21.2. The van der Waals surface area contributed by atoms with Gasteiger partial charge in [0.05, 0.1) is 6.54 Å². The molecule has 164 valence electrons. The summed E-state index contributed by atoms with van der Waals surface area (Å²) >= 11 is 0. The van der Waals surface area contributed by atoms with E-state index in [4.69, 9.17) is 15.5 Å². The van der Waals surface area contributed by atoms with E-state index in [0.717, 1.165) is 31.2 Å². The van der Waals surface area contributed by atoms with Crippen LogP contribution in [0.4, 0.5) is 5.82 Å². The molecule has 0 aliphatic heterocycles. The molecule has 3 N–H and O–H groups in total. The fourth-order valence-corrected chi connectivity index (χ4v) is 4.27. The van der Waals surface area contributed by atoms with Crippen molar-refractivity contribution in [2.24, 2.45) is 0 Å². The van der Waals surface area contributed by atoms with E-state index < -0.39 is 0 Å². The molecule has 0 unspecified atom stereocenters. The van der Waals surface area contributed by atoms with Crippen molar-refractivity contribution < 1.29 is 14.1 Å². The standard InChI is InChI=1S/C23H29N5O3/c1-3-31-12-6-11-27-20(24)17(22(29)25-16-7-4-5-8-16)13-18-21(27)26-19-10-9-15(2)14-28(19)23(18)30/h9-10,13-14,16,24H,3-8,11-12H2,1-2H3,(H,25,29)/p+1. The van der Waals surface area contributed by atoms with Crippen LogP contribution >= 0.6 is 0 Å². The van der Waals surface area contributed by atoms with Crippen LogP contribution in [0.5, 0.6) is 0 Å². The van der Waals surface area contributed by atoms with E-state index in [9.17, 15) is 9.59 Å². The third-order valence-corrected chi connectivity index (χ3v) is 5.91. The molecule has 1 amide bonds. The van der Waals surface area contributed by atoms with Crippen LogP contribution in [-0.2, 0) is 11.3 Å². The Bertz CT molecular complexity index is 1180. The van der Waals surface area contributed by atoms with E-state index in [1.54, 1.807) is 16.8 Å². The first-order valence-electron chi connectivity index (χ1n) is 11.0. The Hall–Kier alpha value is -3.00. The molecule has 31 heavy (non-hydrogen) atoms. The summed E-state index contributed by atoms with van der Waals surface area (Å²) in [6.07, 6.45) is 6.64. The second-order valence-corrected chi connectivity index (χ2v) is 8.19. The minimum absolute atomic E-state index is 0.160. The number of nitrogens with one attached hydrogen (secondary N) is 1. The second-order valence-electron chi connectivity index (χ2n) is 8.19. The number of aryl methyl sites for hydroxylation is 2. The summed E-state index contributed by atoms with van der Waals surface area (Å²) in [4.78, 5) is 31.1. The van der Waals surface area contributed by atoms with Gasteiger partial charge in [-0.15, -0.1) is 0 Å². The number of rotatable bonds is 7. The van der Waals surface area contributed by atoms with Crippen LogP contribution in [0.3, 0.4) is 0 Å². The maximum Gasteiger partial charge on any atom is 0.278 e. The lowest BCUT2D eigenvalue weighted by atomic mass is 10.1. The van der Waals surface area contributed by atoms with E-state index in [2.05, 4.69) is 5.32 Å². The molecular weight excluding hydrogens is 394 g/mol. The number of amides is 1. The highest BCUT2D eigenvalue weighted by atomic mass is 16.5. The fourth-order valence-electron chi connectivity index (χ4n) is 4.27. The van der Waals surface area contributed by atoms with Crippen molar-refractivity contribution in [2.75, 3.05) is 18.9 Å². The van der Waals surface area contributed by atoms with Crippen LogP contribution in [0, 0.1) is 6.92 Å². The number of aromatic nitrogens is 3. The molecular formula is C23H30N5O3+. The van der Waals surface area contributed by atoms with Gasteiger partial charge in [0.25, 0.3) is 17.1 Å². The van der Waals surface area contributed by atoms with Gasteiger partial charge in [0.15, 0.2) is 0 Å². The monoisotopic (exact) mass is 424 g/mol. The van der Waals surface area contributed by atoms with Gasteiger partial charge in [-0.05, 0) is 44.4 Å². The SMILES string of the molecule is CCOCCC[n+]1c(N)c(C(=O)NC2CCCC2)cc2c(=O)n3cc(C)ccc3nc21. The van der Waals surface area contributed by atoms with Crippen LogP contribution in [0.2, 0.25) is 0 Å². The Morgan fingerprint density at radius 3 is 2.87 bits per heavy atom. The number of nitrogen functional groups attached to an aromatic ring is 1. The Balaban J connectivity index is 1.85. The summed E-state index contributed by atoms with van der Waals surface area (Å²) in [5, 5.41) is 3.46. The lowest BCUT2D eigenvalue weighted by molar-refractivity contribution is -0.659. The number of fused-ring (bicyclic) bond motifs is 2. The normalized spacial score (nSPS) is 14.5. The second kappa shape index (κ2) is 9.01. The highest BCUT2D eigenvalue weighted by molar-refractivity contribution is 6.00.